The van der Waals surface area contributed by atoms with Gasteiger partial charge >= 0.3 is 0 Å². The highest BCUT2D eigenvalue weighted by Gasteiger charge is 2.27. The molecule has 1 aromatic rings. The minimum atomic E-state index is -3.29. The summed E-state index contributed by atoms with van der Waals surface area (Å²) >= 11 is 5.82. The van der Waals surface area contributed by atoms with Crippen LogP contribution >= 0.6 is 11.6 Å². The smallest absolute Gasteiger partial charge is 0.256 e. The number of nitrogens with zero attached hydrogens (tertiary/aromatic N) is 2. The third-order valence-corrected chi connectivity index (χ3v) is 6.07. The molecule has 0 bridgehead atoms. The minimum absolute atomic E-state index is 0.0811. The molecule has 2 rings (SSSR count). The monoisotopic (exact) mass is 362 g/mol. The van der Waals surface area contributed by atoms with Crippen LogP contribution in [-0.4, -0.2) is 55.5 Å². The van der Waals surface area contributed by atoms with Crippen molar-refractivity contribution < 1.29 is 17.6 Å². The lowest BCUT2D eigenvalue weighted by atomic mass is 10.2. The lowest BCUT2D eigenvalue weighted by Crippen LogP contribution is -2.38. The van der Waals surface area contributed by atoms with Crippen LogP contribution in [0.4, 0.5) is 4.39 Å². The number of sulfonamides is 1. The first kappa shape index (κ1) is 18.2. The van der Waals surface area contributed by atoms with E-state index in [1.54, 1.807) is 0 Å². The molecular weight excluding hydrogens is 343 g/mol. The zero-order valence-corrected chi connectivity index (χ0v) is 14.5. The van der Waals surface area contributed by atoms with Crippen LogP contribution in [0, 0.1) is 5.82 Å². The first-order valence-electron chi connectivity index (χ1n) is 7.57. The molecule has 1 aromatic carbocycles. The van der Waals surface area contributed by atoms with Gasteiger partial charge in [0, 0.05) is 31.2 Å². The summed E-state index contributed by atoms with van der Waals surface area (Å²) < 4.78 is 39.5. The number of carbonyl (C=O) groups excluding carboxylic acids is 1. The number of benzene rings is 1. The largest absolute Gasteiger partial charge is 0.337 e. The van der Waals surface area contributed by atoms with Gasteiger partial charge in [-0.3, -0.25) is 4.79 Å². The predicted octanol–water partition coefficient (Wildman–Crippen LogP) is 2.37. The molecule has 1 aliphatic heterocycles. The Hall–Kier alpha value is -1.18. The zero-order chi connectivity index (χ0) is 17.0. The van der Waals surface area contributed by atoms with E-state index < -0.39 is 21.7 Å². The molecule has 0 N–H and O–H groups in total. The first-order valence-corrected chi connectivity index (χ1v) is 9.56. The second-order valence-corrected chi connectivity index (χ2v) is 8.01. The highest BCUT2D eigenvalue weighted by Crippen LogP contribution is 2.18. The molecule has 1 fully saturated rings. The summed E-state index contributed by atoms with van der Waals surface area (Å²) in [4.78, 5) is 13.9. The van der Waals surface area contributed by atoms with Crippen LogP contribution in [0.1, 0.15) is 30.1 Å². The van der Waals surface area contributed by atoms with Gasteiger partial charge in [0.1, 0.15) is 5.82 Å². The molecule has 0 aromatic heterocycles. The van der Waals surface area contributed by atoms with Gasteiger partial charge in [0.2, 0.25) is 10.0 Å². The second-order valence-electron chi connectivity index (χ2n) is 5.48. The van der Waals surface area contributed by atoms with Crippen LogP contribution in [0.25, 0.3) is 0 Å². The maximum atomic E-state index is 13.8. The van der Waals surface area contributed by atoms with E-state index in [4.69, 9.17) is 11.6 Å². The summed E-state index contributed by atoms with van der Waals surface area (Å²) in [5, 5.41) is 0.289. The number of hydrogen-bond acceptors (Lipinski definition) is 3. The molecule has 0 unspecified atom stereocenters. The number of halogens is 2. The molecular formula is C15H20ClFN2O3S. The topological polar surface area (TPSA) is 57.7 Å². The van der Waals surface area contributed by atoms with Crippen molar-refractivity contribution >= 4 is 27.5 Å². The van der Waals surface area contributed by atoms with E-state index in [1.165, 1.54) is 21.3 Å². The fourth-order valence-corrected chi connectivity index (χ4v) is 4.31. The Bertz CT molecular complexity index is 681. The van der Waals surface area contributed by atoms with Gasteiger partial charge in [0.15, 0.2) is 0 Å². The van der Waals surface area contributed by atoms with E-state index in [9.17, 15) is 17.6 Å². The Labute approximate surface area is 141 Å². The number of hydrogen-bond donors (Lipinski definition) is 0. The van der Waals surface area contributed by atoms with Crippen LogP contribution in [0.2, 0.25) is 5.02 Å². The van der Waals surface area contributed by atoms with Crippen LogP contribution in [0.3, 0.4) is 0 Å². The Morgan fingerprint density at radius 1 is 1.26 bits per heavy atom. The quantitative estimate of drug-likeness (QED) is 0.826. The molecule has 8 heteroatoms. The normalized spacial score (nSPS) is 17.1. The van der Waals surface area contributed by atoms with E-state index in [1.807, 2.05) is 6.92 Å². The number of rotatable bonds is 4. The first-order chi connectivity index (χ1) is 10.8. The third-order valence-electron chi connectivity index (χ3n) is 3.76. The van der Waals surface area contributed by atoms with E-state index >= 15 is 0 Å². The Kier molecular flexibility index (Phi) is 6.00. The molecule has 1 aliphatic rings. The molecule has 0 radical (unpaired) electrons. The van der Waals surface area contributed by atoms with Crippen molar-refractivity contribution in [1.82, 2.24) is 9.21 Å². The van der Waals surface area contributed by atoms with Crippen LogP contribution < -0.4 is 0 Å². The Balaban J connectivity index is 2.11. The standard InChI is InChI=1S/C15H20ClFN2O3S/c1-2-10-23(21,22)19-7-3-6-18(8-9-19)15(20)13-11-12(16)4-5-14(13)17/h4-5,11H,2-3,6-10H2,1H3. The minimum Gasteiger partial charge on any atom is -0.337 e. The molecule has 128 valence electrons. The van der Waals surface area contributed by atoms with Gasteiger partial charge in [-0.25, -0.2) is 17.1 Å². The highest BCUT2D eigenvalue weighted by molar-refractivity contribution is 7.89. The van der Waals surface area contributed by atoms with Crippen molar-refractivity contribution in [2.45, 2.75) is 19.8 Å². The van der Waals surface area contributed by atoms with Gasteiger partial charge in [-0.05, 0) is 31.0 Å². The summed E-state index contributed by atoms with van der Waals surface area (Å²) in [5.74, 6) is -0.983. The summed E-state index contributed by atoms with van der Waals surface area (Å²) in [7, 11) is -3.29. The molecule has 0 spiro atoms. The van der Waals surface area contributed by atoms with Crippen molar-refractivity contribution in [3.05, 3.63) is 34.6 Å². The van der Waals surface area contributed by atoms with E-state index in [-0.39, 0.29) is 29.4 Å². The van der Waals surface area contributed by atoms with Crippen LogP contribution in [0.5, 0.6) is 0 Å². The maximum absolute atomic E-state index is 13.8. The van der Waals surface area contributed by atoms with Gasteiger partial charge in [-0.15, -0.1) is 0 Å². The molecule has 0 saturated carbocycles. The molecule has 1 amide bonds. The molecule has 1 saturated heterocycles. The van der Waals surface area contributed by atoms with Crippen molar-refractivity contribution in [3.8, 4) is 0 Å². The zero-order valence-electron chi connectivity index (χ0n) is 13.0. The summed E-state index contributed by atoms with van der Waals surface area (Å²) in [6.45, 7) is 3.06. The molecule has 0 aliphatic carbocycles. The van der Waals surface area contributed by atoms with Crippen molar-refractivity contribution in [2.75, 3.05) is 31.9 Å². The van der Waals surface area contributed by atoms with Gasteiger partial charge in [0.05, 0.1) is 11.3 Å². The van der Waals surface area contributed by atoms with E-state index in [2.05, 4.69) is 0 Å². The SMILES string of the molecule is CCCS(=O)(=O)N1CCCN(C(=O)c2cc(Cl)ccc2F)CC1. The molecule has 1 heterocycles. The molecule has 0 atom stereocenters. The lowest BCUT2D eigenvalue weighted by Gasteiger charge is -2.22. The van der Waals surface area contributed by atoms with Crippen LogP contribution in [0.15, 0.2) is 18.2 Å². The Morgan fingerprint density at radius 2 is 2.00 bits per heavy atom. The van der Waals surface area contributed by atoms with Crippen molar-refractivity contribution in [3.63, 3.8) is 0 Å². The average Bonchev–Trinajstić information content (AvgIpc) is 2.75. The third kappa shape index (κ3) is 4.43. The average molecular weight is 363 g/mol. The Morgan fingerprint density at radius 3 is 2.70 bits per heavy atom. The second kappa shape index (κ2) is 7.59. The molecule has 5 nitrogen and oxygen atoms in total. The fourth-order valence-electron chi connectivity index (χ4n) is 2.59. The van der Waals surface area contributed by atoms with Gasteiger partial charge in [-0.2, -0.15) is 0 Å². The number of carbonyl (C=O) groups is 1. The van der Waals surface area contributed by atoms with Gasteiger partial charge < -0.3 is 4.90 Å². The lowest BCUT2D eigenvalue weighted by molar-refractivity contribution is 0.0759. The summed E-state index contributed by atoms with van der Waals surface area (Å²) in [5.41, 5.74) is -0.0811. The van der Waals surface area contributed by atoms with Gasteiger partial charge in [-0.1, -0.05) is 18.5 Å². The molecule has 23 heavy (non-hydrogen) atoms. The highest BCUT2D eigenvalue weighted by atomic mass is 35.5. The maximum Gasteiger partial charge on any atom is 0.256 e. The summed E-state index contributed by atoms with van der Waals surface area (Å²) in [6, 6.07) is 3.84. The van der Waals surface area contributed by atoms with Crippen LogP contribution in [-0.2, 0) is 10.0 Å². The van der Waals surface area contributed by atoms with Gasteiger partial charge in [0.25, 0.3) is 5.91 Å². The van der Waals surface area contributed by atoms with Crippen molar-refractivity contribution in [2.24, 2.45) is 0 Å². The predicted molar refractivity (Wildman–Crippen MR) is 87.6 cm³/mol. The summed E-state index contributed by atoms with van der Waals surface area (Å²) in [6.07, 6.45) is 1.08. The van der Waals surface area contributed by atoms with E-state index in [0.717, 1.165) is 6.07 Å². The number of amides is 1. The fraction of sp³-hybridized carbons (Fsp3) is 0.533. The van der Waals surface area contributed by atoms with Crippen molar-refractivity contribution in [1.29, 1.82) is 0 Å². The van der Waals surface area contributed by atoms with E-state index in [0.29, 0.717) is 25.9 Å².